The minimum absolute atomic E-state index is 0.148. The van der Waals surface area contributed by atoms with Crippen LogP contribution in [0.1, 0.15) is 41.1 Å². The highest BCUT2D eigenvalue weighted by atomic mass is 32.1. The number of nitrogens with zero attached hydrogens (tertiary/aromatic N) is 4. The Hall–Kier alpha value is -2.48. The number of piperazine rings is 1. The first-order valence-corrected chi connectivity index (χ1v) is 11.0. The van der Waals surface area contributed by atoms with Crippen LogP contribution in [0, 0.1) is 5.92 Å². The van der Waals surface area contributed by atoms with Crippen molar-refractivity contribution in [1.82, 2.24) is 14.9 Å². The zero-order chi connectivity index (χ0) is 20.4. The molecule has 1 saturated heterocycles. The predicted molar refractivity (Wildman–Crippen MR) is 111 cm³/mol. The summed E-state index contributed by atoms with van der Waals surface area (Å²) >= 11 is 1.63. The van der Waals surface area contributed by atoms with Crippen molar-refractivity contribution in [2.45, 2.75) is 39.2 Å². The third kappa shape index (κ3) is 4.27. The molecule has 0 bridgehead atoms. The van der Waals surface area contributed by atoms with Gasteiger partial charge in [0.05, 0.1) is 5.56 Å². The number of hydrogen-bond acceptors (Lipinski definition) is 7. The highest BCUT2D eigenvalue weighted by Gasteiger charge is 2.30. The predicted octanol–water partition coefficient (Wildman–Crippen LogP) is 2.56. The van der Waals surface area contributed by atoms with E-state index in [0.717, 1.165) is 24.8 Å². The summed E-state index contributed by atoms with van der Waals surface area (Å²) < 4.78 is 5.55. The number of esters is 1. The molecule has 0 radical (unpaired) electrons. The van der Waals surface area contributed by atoms with Crippen LogP contribution in [-0.4, -0.2) is 59.0 Å². The third-order valence-corrected chi connectivity index (χ3v) is 6.73. The van der Waals surface area contributed by atoms with Crippen molar-refractivity contribution in [2.24, 2.45) is 5.92 Å². The number of anilines is 1. The van der Waals surface area contributed by atoms with Crippen molar-refractivity contribution < 1.29 is 14.3 Å². The molecule has 8 heteroatoms. The maximum absolute atomic E-state index is 12.8. The second kappa shape index (κ2) is 8.49. The number of thiophene rings is 1. The topological polar surface area (TPSA) is 75.6 Å². The largest absolute Gasteiger partial charge is 0.449 e. The van der Waals surface area contributed by atoms with E-state index in [2.05, 4.69) is 21.8 Å². The fourth-order valence-corrected chi connectivity index (χ4v) is 5.20. The van der Waals surface area contributed by atoms with Crippen molar-refractivity contribution in [2.75, 3.05) is 31.1 Å². The molecule has 2 unspecified atom stereocenters. The number of carbonyl (C=O) groups is 2. The van der Waals surface area contributed by atoms with E-state index in [1.807, 2.05) is 5.38 Å². The molecule has 2 aromatic rings. The molecule has 154 valence electrons. The number of hydrogen-bond donors (Lipinski definition) is 0. The Balaban J connectivity index is 1.33. The minimum Gasteiger partial charge on any atom is -0.449 e. The van der Waals surface area contributed by atoms with E-state index in [1.165, 1.54) is 4.88 Å². The minimum atomic E-state index is -0.792. The molecule has 4 rings (SSSR count). The van der Waals surface area contributed by atoms with Gasteiger partial charge in [-0.25, -0.2) is 14.8 Å². The highest BCUT2D eigenvalue weighted by Crippen LogP contribution is 2.33. The average molecular weight is 415 g/mol. The number of amides is 1. The Morgan fingerprint density at radius 3 is 2.66 bits per heavy atom. The molecule has 0 aromatic carbocycles. The second-order valence-corrected chi connectivity index (χ2v) is 8.77. The molecular formula is C21H26N4O3S. The van der Waals surface area contributed by atoms with E-state index in [9.17, 15) is 9.59 Å². The number of fused-ring (bicyclic) bond motifs is 1. The maximum atomic E-state index is 12.8. The lowest BCUT2D eigenvalue weighted by Gasteiger charge is -2.35. The van der Waals surface area contributed by atoms with Crippen molar-refractivity contribution in [3.8, 4) is 0 Å². The standard InChI is InChI=1S/C21H26N4O3S/c1-14-4-5-16-17(13-29-18(16)12-14)20(27)28-15(2)19(26)24-8-10-25(11-9-24)21-22-6-3-7-23-21/h3,6-7,13-15H,4-5,8-12H2,1-2H3. The van der Waals surface area contributed by atoms with Crippen LogP contribution >= 0.6 is 11.3 Å². The van der Waals surface area contributed by atoms with E-state index >= 15 is 0 Å². The van der Waals surface area contributed by atoms with Gasteiger partial charge in [0, 0.05) is 48.8 Å². The Kier molecular flexibility index (Phi) is 5.80. The van der Waals surface area contributed by atoms with Crippen LogP contribution in [0.15, 0.2) is 23.8 Å². The molecule has 7 nitrogen and oxygen atoms in total. The Bertz CT molecular complexity index is 877. The zero-order valence-electron chi connectivity index (χ0n) is 16.8. The summed E-state index contributed by atoms with van der Waals surface area (Å²) in [6.45, 7) is 6.34. The van der Waals surface area contributed by atoms with Gasteiger partial charge < -0.3 is 14.5 Å². The summed E-state index contributed by atoms with van der Waals surface area (Å²) in [6.07, 6.45) is 5.66. The van der Waals surface area contributed by atoms with E-state index in [4.69, 9.17) is 4.74 Å². The Morgan fingerprint density at radius 1 is 1.21 bits per heavy atom. The molecule has 2 aliphatic rings. The van der Waals surface area contributed by atoms with E-state index in [1.54, 1.807) is 41.6 Å². The monoisotopic (exact) mass is 414 g/mol. The van der Waals surface area contributed by atoms with E-state index in [-0.39, 0.29) is 11.9 Å². The van der Waals surface area contributed by atoms with Gasteiger partial charge in [-0.3, -0.25) is 4.79 Å². The molecule has 29 heavy (non-hydrogen) atoms. The van der Waals surface area contributed by atoms with Crippen LogP contribution in [0.3, 0.4) is 0 Å². The molecule has 2 aromatic heterocycles. The number of carbonyl (C=O) groups excluding carboxylic acids is 2. The molecule has 1 fully saturated rings. The molecule has 2 atom stereocenters. The van der Waals surface area contributed by atoms with Crippen molar-refractivity contribution >= 4 is 29.2 Å². The van der Waals surface area contributed by atoms with Gasteiger partial charge in [0.2, 0.25) is 5.95 Å². The zero-order valence-corrected chi connectivity index (χ0v) is 17.7. The SMILES string of the molecule is CC1CCc2c(C(=O)OC(C)C(=O)N3CCN(c4ncccn4)CC3)csc2C1. The molecule has 3 heterocycles. The number of aromatic nitrogens is 2. The Labute approximate surface area is 174 Å². The Morgan fingerprint density at radius 2 is 1.93 bits per heavy atom. The average Bonchev–Trinajstić information content (AvgIpc) is 3.17. The fourth-order valence-electron chi connectivity index (χ4n) is 3.96. The summed E-state index contributed by atoms with van der Waals surface area (Å²) in [5, 5.41) is 1.89. The molecule has 0 spiro atoms. The van der Waals surface area contributed by atoms with Gasteiger partial charge >= 0.3 is 5.97 Å². The second-order valence-electron chi connectivity index (χ2n) is 7.81. The van der Waals surface area contributed by atoms with Crippen molar-refractivity contribution in [3.63, 3.8) is 0 Å². The lowest BCUT2D eigenvalue weighted by molar-refractivity contribution is -0.140. The normalized spacial score (nSPS) is 20.1. The summed E-state index contributed by atoms with van der Waals surface area (Å²) in [6, 6.07) is 1.78. The van der Waals surface area contributed by atoms with E-state index < -0.39 is 6.10 Å². The van der Waals surface area contributed by atoms with Crippen LogP contribution in [0.2, 0.25) is 0 Å². The van der Waals surface area contributed by atoms with Crippen LogP contribution < -0.4 is 4.90 Å². The number of rotatable bonds is 4. The molecule has 0 N–H and O–H groups in total. The first kappa shape index (κ1) is 19.8. The lowest BCUT2D eigenvalue weighted by Crippen LogP contribution is -2.52. The van der Waals surface area contributed by atoms with Gasteiger partial charge in [-0.1, -0.05) is 6.92 Å². The van der Waals surface area contributed by atoms with Crippen molar-refractivity contribution in [3.05, 3.63) is 39.8 Å². The summed E-state index contributed by atoms with van der Waals surface area (Å²) in [4.78, 5) is 39.1. The van der Waals surface area contributed by atoms with Crippen LogP contribution in [0.25, 0.3) is 0 Å². The summed E-state index contributed by atoms with van der Waals surface area (Å²) in [5.74, 6) is 0.806. The van der Waals surface area contributed by atoms with Crippen molar-refractivity contribution in [1.29, 1.82) is 0 Å². The maximum Gasteiger partial charge on any atom is 0.340 e. The van der Waals surface area contributed by atoms with Crippen LogP contribution in [0.4, 0.5) is 5.95 Å². The first-order valence-electron chi connectivity index (χ1n) is 10.1. The smallest absolute Gasteiger partial charge is 0.340 e. The van der Waals surface area contributed by atoms with Crippen LogP contribution in [0.5, 0.6) is 0 Å². The quantitative estimate of drug-likeness (QED) is 0.716. The van der Waals surface area contributed by atoms with Gasteiger partial charge in [0.15, 0.2) is 6.10 Å². The van der Waals surface area contributed by atoms with Gasteiger partial charge in [0.1, 0.15) is 0 Å². The highest BCUT2D eigenvalue weighted by molar-refractivity contribution is 7.10. The van der Waals surface area contributed by atoms with Gasteiger partial charge in [0.25, 0.3) is 5.91 Å². The van der Waals surface area contributed by atoms with Crippen LogP contribution in [-0.2, 0) is 22.4 Å². The molecule has 1 aliphatic carbocycles. The molecule has 1 amide bonds. The van der Waals surface area contributed by atoms with E-state index in [0.29, 0.717) is 43.6 Å². The summed E-state index contributed by atoms with van der Waals surface area (Å²) in [5.41, 5.74) is 1.76. The first-order chi connectivity index (χ1) is 14.0. The summed E-state index contributed by atoms with van der Waals surface area (Å²) in [7, 11) is 0. The van der Waals surface area contributed by atoms with Gasteiger partial charge in [-0.15, -0.1) is 11.3 Å². The number of ether oxygens (including phenoxy) is 1. The fraction of sp³-hybridized carbons (Fsp3) is 0.524. The molecular weight excluding hydrogens is 388 g/mol. The third-order valence-electron chi connectivity index (χ3n) is 5.68. The molecule has 1 aliphatic heterocycles. The van der Waals surface area contributed by atoms with Gasteiger partial charge in [-0.2, -0.15) is 0 Å². The lowest BCUT2D eigenvalue weighted by atomic mass is 9.88. The molecule has 0 saturated carbocycles. The van der Waals surface area contributed by atoms with Gasteiger partial charge in [-0.05, 0) is 43.7 Å².